The largest absolute Gasteiger partial charge is 0.449 e. The summed E-state index contributed by atoms with van der Waals surface area (Å²) in [6, 6.07) is 5.13. The number of benzene rings is 1. The second kappa shape index (κ2) is 5.58. The van der Waals surface area contributed by atoms with Crippen LogP contribution in [-0.4, -0.2) is 26.6 Å². The molecule has 2 atom stereocenters. The lowest BCUT2D eigenvalue weighted by Crippen LogP contribution is -2.33. The number of hydrogen-bond donors (Lipinski definition) is 2. The highest BCUT2D eigenvalue weighted by Gasteiger charge is 2.35. The number of hydrogen-bond acceptors (Lipinski definition) is 5. The third-order valence-corrected chi connectivity index (χ3v) is 3.79. The number of aliphatic hydroxyl groups is 1. The molecule has 0 saturated carbocycles. The van der Waals surface area contributed by atoms with Gasteiger partial charge in [0.1, 0.15) is 0 Å². The lowest BCUT2D eigenvalue weighted by molar-refractivity contribution is -0.124. The summed E-state index contributed by atoms with van der Waals surface area (Å²) in [6.07, 6.45) is 2.46. The number of anilines is 1. The average molecular weight is 317 g/mol. The molecule has 0 unspecified atom stereocenters. The van der Waals surface area contributed by atoms with Gasteiger partial charge in [0.15, 0.2) is 17.6 Å². The zero-order valence-electron chi connectivity index (χ0n) is 13.2. The van der Waals surface area contributed by atoms with Crippen LogP contribution in [0.4, 0.5) is 5.69 Å². The lowest BCUT2D eigenvalue weighted by atomic mass is 10.2. The summed E-state index contributed by atoms with van der Waals surface area (Å²) >= 11 is 0. The average Bonchev–Trinajstić information content (AvgIpc) is 3.09. The van der Waals surface area contributed by atoms with Gasteiger partial charge in [0, 0.05) is 43.9 Å². The SMILES string of the molecule is CC[C@]1(C)Oc2ccc(NC(=O)[C@H](O)c3cnn(C)c3)cc2O1. The number of rotatable bonds is 4. The van der Waals surface area contributed by atoms with Crippen LogP contribution in [0.1, 0.15) is 31.9 Å². The molecule has 7 heteroatoms. The quantitative estimate of drug-likeness (QED) is 0.900. The van der Waals surface area contributed by atoms with Gasteiger partial charge in [0.2, 0.25) is 5.79 Å². The van der Waals surface area contributed by atoms with Crippen LogP contribution in [-0.2, 0) is 11.8 Å². The molecule has 1 amide bonds. The van der Waals surface area contributed by atoms with Crippen LogP contribution in [0.15, 0.2) is 30.6 Å². The van der Waals surface area contributed by atoms with Crippen molar-refractivity contribution in [3.8, 4) is 11.5 Å². The van der Waals surface area contributed by atoms with E-state index in [2.05, 4.69) is 10.4 Å². The van der Waals surface area contributed by atoms with Gasteiger partial charge in [0.25, 0.3) is 5.91 Å². The zero-order chi connectivity index (χ0) is 16.6. The molecule has 0 fully saturated rings. The van der Waals surface area contributed by atoms with Crippen molar-refractivity contribution in [1.29, 1.82) is 0 Å². The van der Waals surface area contributed by atoms with Crippen molar-refractivity contribution in [2.24, 2.45) is 7.05 Å². The molecule has 0 aliphatic carbocycles. The number of carbonyl (C=O) groups is 1. The monoisotopic (exact) mass is 317 g/mol. The zero-order valence-corrected chi connectivity index (χ0v) is 13.2. The number of amides is 1. The van der Waals surface area contributed by atoms with Crippen LogP contribution in [0.3, 0.4) is 0 Å². The Hall–Kier alpha value is -2.54. The van der Waals surface area contributed by atoms with Gasteiger partial charge in [0.05, 0.1) is 6.20 Å². The maximum Gasteiger partial charge on any atom is 0.257 e. The summed E-state index contributed by atoms with van der Waals surface area (Å²) in [4.78, 5) is 12.1. The van der Waals surface area contributed by atoms with E-state index in [0.717, 1.165) is 0 Å². The van der Waals surface area contributed by atoms with Crippen LogP contribution in [0.25, 0.3) is 0 Å². The fourth-order valence-corrected chi connectivity index (χ4v) is 2.32. The van der Waals surface area contributed by atoms with Gasteiger partial charge < -0.3 is 19.9 Å². The number of carbonyl (C=O) groups excluding carboxylic acids is 1. The molecular weight excluding hydrogens is 298 g/mol. The van der Waals surface area contributed by atoms with Crippen molar-refractivity contribution in [2.75, 3.05) is 5.32 Å². The summed E-state index contributed by atoms with van der Waals surface area (Å²) in [7, 11) is 1.72. The Kier molecular flexibility index (Phi) is 3.73. The Morgan fingerprint density at radius 3 is 2.83 bits per heavy atom. The molecule has 1 aliphatic heterocycles. The first kappa shape index (κ1) is 15.4. The summed E-state index contributed by atoms with van der Waals surface area (Å²) in [5.41, 5.74) is 0.963. The van der Waals surface area contributed by atoms with Crippen LogP contribution >= 0.6 is 0 Å². The predicted molar refractivity (Wildman–Crippen MR) is 83.2 cm³/mol. The van der Waals surface area contributed by atoms with E-state index in [0.29, 0.717) is 29.2 Å². The van der Waals surface area contributed by atoms with Gasteiger partial charge in [-0.1, -0.05) is 6.92 Å². The van der Waals surface area contributed by atoms with Crippen molar-refractivity contribution >= 4 is 11.6 Å². The highest BCUT2D eigenvalue weighted by atomic mass is 16.7. The second-order valence-corrected chi connectivity index (χ2v) is 5.69. The lowest BCUT2D eigenvalue weighted by Gasteiger charge is -2.20. The topological polar surface area (TPSA) is 85.6 Å². The Morgan fingerprint density at radius 1 is 1.43 bits per heavy atom. The number of fused-ring (bicyclic) bond motifs is 1. The highest BCUT2D eigenvalue weighted by molar-refractivity contribution is 5.94. The summed E-state index contributed by atoms with van der Waals surface area (Å²) < 4.78 is 13.0. The smallest absolute Gasteiger partial charge is 0.257 e. The molecule has 1 aliphatic rings. The van der Waals surface area contributed by atoms with E-state index < -0.39 is 17.8 Å². The Morgan fingerprint density at radius 2 is 2.17 bits per heavy atom. The van der Waals surface area contributed by atoms with Gasteiger partial charge in [-0.05, 0) is 12.1 Å². The van der Waals surface area contributed by atoms with Gasteiger partial charge >= 0.3 is 0 Å². The maximum absolute atomic E-state index is 12.1. The Bertz CT molecular complexity index is 743. The molecule has 1 aromatic carbocycles. The molecule has 0 spiro atoms. The first-order valence-electron chi connectivity index (χ1n) is 7.40. The van der Waals surface area contributed by atoms with Crippen molar-refractivity contribution in [3.63, 3.8) is 0 Å². The normalized spacial score (nSPS) is 20.3. The molecule has 23 heavy (non-hydrogen) atoms. The van der Waals surface area contributed by atoms with E-state index in [1.807, 2.05) is 13.8 Å². The maximum atomic E-state index is 12.1. The molecule has 7 nitrogen and oxygen atoms in total. The van der Waals surface area contributed by atoms with Gasteiger partial charge in [-0.3, -0.25) is 9.48 Å². The van der Waals surface area contributed by atoms with E-state index in [1.54, 1.807) is 31.4 Å². The number of nitrogens with one attached hydrogen (secondary N) is 1. The van der Waals surface area contributed by atoms with Crippen LogP contribution in [0, 0.1) is 0 Å². The van der Waals surface area contributed by atoms with Crippen LogP contribution in [0.5, 0.6) is 11.5 Å². The van der Waals surface area contributed by atoms with Crippen molar-refractivity contribution < 1.29 is 19.4 Å². The molecule has 0 bridgehead atoms. The van der Waals surface area contributed by atoms with E-state index in [4.69, 9.17) is 9.47 Å². The minimum Gasteiger partial charge on any atom is -0.449 e. The summed E-state index contributed by atoms with van der Waals surface area (Å²) in [5, 5.41) is 16.7. The first-order chi connectivity index (χ1) is 10.9. The van der Waals surface area contributed by atoms with Gasteiger partial charge in [-0.15, -0.1) is 0 Å². The Balaban J connectivity index is 1.72. The van der Waals surface area contributed by atoms with E-state index in [1.165, 1.54) is 10.9 Å². The number of aliphatic hydroxyl groups excluding tert-OH is 1. The molecule has 122 valence electrons. The predicted octanol–water partition coefficient (Wildman–Crippen LogP) is 1.99. The molecule has 1 aromatic heterocycles. The highest BCUT2D eigenvalue weighted by Crippen LogP contribution is 2.42. The minimum atomic E-state index is -1.28. The number of aromatic nitrogens is 2. The third-order valence-electron chi connectivity index (χ3n) is 3.79. The van der Waals surface area contributed by atoms with Crippen LogP contribution < -0.4 is 14.8 Å². The van der Waals surface area contributed by atoms with Gasteiger partial charge in [-0.25, -0.2) is 0 Å². The number of nitrogens with zero attached hydrogens (tertiary/aromatic N) is 2. The van der Waals surface area contributed by atoms with E-state index >= 15 is 0 Å². The Labute approximate surface area is 133 Å². The minimum absolute atomic E-state index is 0.435. The van der Waals surface area contributed by atoms with Crippen molar-refractivity contribution in [2.45, 2.75) is 32.2 Å². The fourth-order valence-electron chi connectivity index (χ4n) is 2.32. The van der Waals surface area contributed by atoms with Crippen LogP contribution in [0.2, 0.25) is 0 Å². The van der Waals surface area contributed by atoms with Crippen molar-refractivity contribution in [3.05, 3.63) is 36.2 Å². The first-order valence-corrected chi connectivity index (χ1v) is 7.40. The standard InChI is InChI=1S/C16H19N3O4/c1-4-16(2)22-12-6-5-11(7-13(12)23-16)18-15(21)14(20)10-8-17-19(3)9-10/h5-9,14,20H,4H2,1-3H3,(H,18,21)/t14-,16-/m1/s1. The third kappa shape index (κ3) is 3.00. The molecular formula is C16H19N3O4. The molecule has 2 aromatic rings. The number of aryl methyl sites for hydroxylation is 1. The van der Waals surface area contributed by atoms with Crippen molar-refractivity contribution in [1.82, 2.24) is 9.78 Å². The van der Waals surface area contributed by atoms with Gasteiger partial charge in [-0.2, -0.15) is 5.10 Å². The molecule has 2 heterocycles. The molecule has 0 radical (unpaired) electrons. The van der Waals surface area contributed by atoms with E-state index in [9.17, 15) is 9.90 Å². The second-order valence-electron chi connectivity index (χ2n) is 5.69. The molecule has 3 rings (SSSR count). The summed E-state index contributed by atoms with van der Waals surface area (Å²) in [5.74, 6) is -0.00139. The number of ether oxygens (including phenoxy) is 2. The molecule has 2 N–H and O–H groups in total. The summed E-state index contributed by atoms with van der Waals surface area (Å²) in [6.45, 7) is 3.83. The fraction of sp³-hybridized carbons (Fsp3) is 0.375. The van der Waals surface area contributed by atoms with E-state index in [-0.39, 0.29) is 0 Å². The molecule has 0 saturated heterocycles.